The number of hydrogen-bond donors (Lipinski definition) is 1. The zero-order chi connectivity index (χ0) is 21.0. The highest BCUT2D eigenvalue weighted by Crippen LogP contribution is 2.22. The van der Waals surface area contributed by atoms with Crippen molar-refractivity contribution < 1.29 is 14.5 Å². The molecule has 1 saturated heterocycles. The zero-order valence-corrected chi connectivity index (χ0v) is 16.6. The average molecular weight is 396 g/mol. The molecule has 29 heavy (non-hydrogen) atoms. The first-order chi connectivity index (χ1) is 13.8. The third kappa shape index (κ3) is 5.17. The number of Topliss-reactive ketones (excluding diaryl/α,β-unsaturated/α-hetero) is 1. The summed E-state index contributed by atoms with van der Waals surface area (Å²) in [7, 11) is 0. The normalized spacial score (nSPS) is 14.5. The lowest BCUT2D eigenvalue weighted by Gasteiger charge is -2.35. The number of nitrogens with one attached hydrogen (secondary N) is 1. The molecule has 3 rings (SSSR count). The molecule has 1 amide bonds. The number of anilines is 2. The Morgan fingerprint density at radius 1 is 1.07 bits per heavy atom. The van der Waals surface area contributed by atoms with Gasteiger partial charge in [-0.15, -0.1) is 0 Å². The van der Waals surface area contributed by atoms with E-state index in [0.29, 0.717) is 16.8 Å². The lowest BCUT2D eigenvalue weighted by Crippen LogP contribution is -2.48. The summed E-state index contributed by atoms with van der Waals surface area (Å²) in [6.07, 6.45) is 0. The Balaban J connectivity index is 1.51. The number of nitro benzene ring substituents is 1. The average Bonchev–Trinajstić information content (AvgIpc) is 2.70. The molecule has 0 atom stereocenters. The number of nitro groups is 1. The van der Waals surface area contributed by atoms with Crippen molar-refractivity contribution in [2.75, 3.05) is 42.9 Å². The third-order valence-corrected chi connectivity index (χ3v) is 5.07. The molecular formula is C21H24N4O4. The molecule has 1 aliphatic heterocycles. The number of piperazine rings is 1. The molecule has 152 valence electrons. The first kappa shape index (κ1) is 20.5. The summed E-state index contributed by atoms with van der Waals surface area (Å²) in [5.74, 6) is -0.145. The monoisotopic (exact) mass is 396 g/mol. The molecule has 1 N–H and O–H groups in total. The highest BCUT2D eigenvalue weighted by molar-refractivity contribution is 5.94. The lowest BCUT2D eigenvalue weighted by atomic mass is 10.1. The maximum atomic E-state index is 12.3. The summed E-state index contributed by atoms with van der Waals surface area (Å²) in [6, 6.07) is 12.2. The van der Waals surface area contributed by atoms with Gasteiger partial charge in [-0.1, -0.05) is 6.07 Å². The number of carbonyl (C=O) groups is 2. The van der Waals surface area contributed by atoms with Gasteiger partial charge in [0.05, 0.1) is 11.5 Å². The zero-order valence-electron chi connectivity index (χ0n) is 16.6. The molecule has 1 heterocycles. The first-order valence-electron chi connectivity index (χ1n) is 9.46. The van der Waals surface area contributed by atoms with Crippen LogP contribution in [0, 0.1) is 17.0 Å². The van der Waals surface area contributed by atoms with Gasteiger partial charge in [-0.05, 0) is 44.2 Å². The SMILES string of the molecule is CC(=O)c1ccc(N2CCN(CC(=O)Nc3ccc(C)c([N+](=O)[O-])c3)CC2)cc1. The number of rotatable bonds is 6. The smallest absolute Gasteiger partial charge is 0.274 e. The molecule has 2 aromatic carbocycles. The van der Waals surface area contributed by atoms with Gasteiger partial charge in [0.2, 0.25) is 5.91 Å². The van der Waals surface area contributed by atoms with Gasteiger partial charge >= 0.3 is 0 Å². The topological polar surface area (TPSA) is 95.8 Å². The Bertz CT molecular complexity index is 919. The van der Waals surface area contributed by atoms with Crippen molar-refractivity contribution in [3.63, 3.8) is 0 Å². The van der Waals surface area contributed by atoms with Crippen LogP contribution < -0.4 is 10.2 Å². The van der Waals surface area contributed by atoms with E-state index in [0.717, 1.165) is 31.9 Å². The standard InChI is InChI=1S/C21H24N4O4/c1-15-3-6-18(13-20(15)25(28)29)22-21(27)14-23-9-11-24(12-10-23)19-7-4-17(5-8-19)16(2)26/h3-8,13H,9-12,14H2,1-2H3,(H,22,27). The summed E-state index contributed by atoms with van der Waals surface area (Å²) >= 11 is 0. The fourth-order valence-electron chi connectivity index (χ4n) is 3.36. The minimum Gasteiger partial charge on any atom is -0.369 e. The van der Waals surface area contributed by atoms with Crippen molar-refractivity contribution in [2.24, 2.45) is 0 Å². The molecule has 0 aromatic heterocycles. The number of amides is 1. The molecule has 0 bridgehead atoms. The van der Waals surface area contributed by atoms with Gasteiger partial charge in [0.1, 0.15) is 0 Å². The van der Waals surface area contributed by atoms with E-state index in [1.165, 1.54) is 6.07 Å². The Morgan fingerprint density at radius 2 is 1.72 bits per heavy atom. The van der Waals surface area contributed by atoms with E-state index >= 15 is 0 Å². The summed E-state index contributed by atoms with van der Waals surface area (Å²) in [4.78, 5) is 38.6. The molecule has 0 unspecified atom stereocenters. The van der Waals surface area contributed by atoms with Crippen molar-refractivity contribution in [3.8, 4) is 0 Å². The van der Waals surface area contributed by atoms with Crippen LogP contribution in [0.1, 0.15) is 22.8 Å². The summed E-state index contributed by atoms with van der Waals surface area (Å²) in [5.41, 5.74) is 2.73. The molecule has 2 aromatic rings. The van der Waals surface area contributed by atoms with Crippen LogP contribution >= 0.6 is 0 Å². The van der Waals surface area contributed by atoms with Crippen LogP contribution in [0.5, 0.6) is 0 Å². The second-order valence-electron chi connectivity index (χ2n) is 7.17. The number of ketones is 1. The van der Waals surface area contributed by atoms with Crippen LogP contribution in [0.4, 0.5) is 17.1 Å². The predicted octanol–water partition coefficient (Wildman–Crippen LogP) is 2.87. The quantitative estimate of drug-likeness (QED) is 0.458. The molecule has 1 fully saturated rings. The third-order valence-electron chi connectivity index (χ3n) is 5.07. The maximum absolute atomic E-state index is 12.3. The van der Waals surface area contributed by atoms with Gasteiger partial charge < -0.3 is 10.2 Å². The van der Waals surface area contributed by atoms with Gasteiger partial charge in [-0.25, -0.2) is 0 Å². The van der Waals surface area contributed by atoms with E-state index < -0.39 is 4.92 Å². The second kappa shape index (κ2) is 8.83. The molecule has 8 heteroatoms. The second-order valence-corrected chi connectivity index (χ2v) is 7.17. The highest BCUT2D eigenvalue weighted by atomic mass is 16.6. The van der Waals surface area contributed by atoms with Crippen LogP contribution in [-0.2, 0) is 4.79 Å². The van der Waals surface area contributed by atoms with E-state index in [-0.39, 0.29) is 23.9 Å². The lowest BCUT2D eigenvalue weighted by molar-refractivity contribution is -0.385. The van der Waals surface area contributed by atoms with Crippen LogP contribution in [0.2, 0.25) is 0 Å². The molecule has 0 spiro atoms. The fraction of sp³-hybridized carbons (Fsp3) is 0.333. The number of carbonyl (C=O) groups excluding carboxylic acids is 2. The summed E-state index contributed by atoms with van der Waals surface area (Å²) < 4.78 is 0. The Hall–Kier alpha value is -3.26. The Morgan fingerprint density at radius 3 is 2.31 bits per heavy atom. The summed E-state index contributed by atoms with van der Waals surface area (Å²) in [5, 5.41) is 13.8. The molecule has 8 nitrogen and oxygen atoms in total. The van der Waals surface area contributed by atoms with Crippen molar-refractivity contribution in [1.29, 1.82) is 0 Å². The Kier molecular flexibility index (Phi) is 6.23. The van der Waals surface area contributed by atoms with E-state index in [1.807, 2.05) is 24.3 Å². The maximum Gasteiger partial charge on any atom is 0.274 e. The molecule has 0 aliphatic carbocycles. The van der Waals surface area contributed by atoms with Crippen LogP contribution in [0.15, 0.2) is 42.5 Å². The summed E-state index contributed by atoms with van der Waals surface area (Å²) in [6.45, 7) is 6.47. The van der Waals surface area contributed by atoms with Gasteiger partial charge in [0.15, 0.2) is 5.78 Å². The molecule has 0 saturated carbocycles. The van der Waals surface area contributed by atoms with Crippen LogP contribution in [0.25, 0.3) is 0 Å². The van der Waals surface area contributed by atoms with Crippen molar-refractivity contribution in [1.82, 2.24) is 4.90 Å². The first-order valence-corrected chi connectivity index (χ1v) is 9.46. The van der Waals surface area contributed by atoms with E-state index in [4.69, 9.17) is 0 Å². The molecule has 0 radical (unpaired) electrons. The minimum absolute atomic E-state index is 0.00722. The van der Waals surface area contributed by atoms with Gasteiger partial charge in [0.25, 0.3) is 5.69 Å². The van der Waals surface area contributed by atoms with Crippen LogP contribution in [-0.4, -0.2) is 54.2 Å². The minimum atomic E-state index is -0.451. The number of nitrogens with zero attached hydrogens (tertiary/aromatic N) is 3. The van der Waals surface area contributed by atoms with Crippen molar-refractivity contribution in [3.05, 3.63) is 63.7 Å². The number of hydrogen-bond acceptors (Lipinski definition) is 6. The highest BCUT2D eigenvalue weighted by Gasteiger charge is 2.20. The fourth-order valence-corrected chi connectivity index (χ4v) is 3.36. The molecule has 1 aliphatic rings. The largest absolute Gasteiger partial charge is 0.369 e. The Labute approximate surface area is 169 Å². The van der Waals surface area contributed by atoms with Crippen molar-refractivity contribution in [2.45, 2.75) is 13.8 Å². The van der Waals surface area contributed by atoms with E-state index in [1.54, 1.807) is 26.0 Å². The van der Waals surface area contributed by atoms with Crippen LogP contribution in [0.3, 0.4) is 0 Å². The number of aryl methyl sites for hydroxylation is 1. The molecular weight excluding hydrogens is 372 g/mol. The predicted molar refractivity (Wildman–Crippen MR) is 112 cm³/mol. The van der Waals surface area contributed by atoms with E-state index in [9.17, 15) is 19.7 Å². The van der Waals surface area contributed by atoms with Gasteiger partial charge in [-0.3, -0.25) is 24.6 Å². The van der Waals surface area contributed by atoms with Gasteiger partial charge in [0, 0.05) is 54.7 Å². The van der Waals surface area contributed by atoms with Gasteiger partial charge in [-0.2, -0.15) is 0 Å². The van der Waals surface area contributed by atoms with Crippen molar-refractivity contribution >= 4 is 28.8 Å². The number of benzene rings is 2. The van der Waals surface area contributed by atoms with E-state index in [2.05, 4.69) is 15.1 Å².